The number of halogens is 1. The molecule has 2 saturated heterocycles. The van der Waals surface area contributed by atoms with E-state index in [0.717, 1.165) is 29.8 Å². The van der Waals surface area contributed by atoms with Crippen molar-refractivity contribution >= 4 is 46.5 Å². The molecule has 0 radical (unpaired) electrons. The Labute approximate surface area is 179 Å². The first kappa shape index (κ1) is 21.8. The van der Waals surface area contributed by atoms with Gasteiger partial charge in [0, 0.05) is 18.1 Å². The molecule has 156 valence electrons. The number of benzene rings is 1. The summed E-state index contributed by atoms with van der Waals surface area (Å²) in [6.45, 7) is 6.30. The number of quaternary nitrogens is 1. The quantitative estimate of drug-likeness (QED) is 0.652. The van der Waals surface area contributed by atoms with E-state index >= 15 is 0 Å². The number of carbonyl (C=O) groups is 3. The van der Waals surface area contributed by atoms with Gasteiger partial charge in [-0.25, -0.2) is 0 Å². The molecular weight excluding hydrogens is 414 g/mol. The Kier molecular flexibility index (Phi) is 7.34. The molecule has 1 aromatic rings. The average molecular weight is 439 g/mol. The molecule has 7 nitrogen and oxygen atoms in total. The van der Waals surface area contributed by atoms with Gasteiger partial charge >= 0.3 is 0 Å². The Balaban J connectivity index is 1.49. The van der Waals surface area contributed by atoms with Crippen LogP contribution < -0.4 is 10.2 Å². The van der Waals surface area contributed by atoms with Gasteiger partial charge in [-0.3, -0.25) is 19.3 Å². The third kappa shape index (κ3) is 5.82. The van der Waals surface area contributed by atoms with E-state index in [1.165, 1.54) is 4.90 Å². The summed E-state index contributed by atoms with van der Waals surface area (Å²) >= 11 is 7.00. The number of hydrogen-bond acceptors (Lipinski definition) is 5. The molecule has 1 aromatic carbocycles. The fourth-order valence-electron chi connectivity index (χ4n) is 3.56. The van der Waals surface area contributed by atoms with Crippen molar-refractivity contribution in [3.63, 3.8) is 0 Å². The second-order valence-corrected chi connectivity index (χ2v) is 8.70. The third-order valence-corrected chi connectivity index (χ3v) is 6.00. The molecule has 2 atom stereocenters. The molecule has 0 aromatic heterocycles. The van der Waals surface area contributed by atoms with Gasteiger partial charge in [0.15, 0.2) is 6.54 Å². The van der Waals surface area contributed by atoms with Gasteiger partial charge in [0.1, 0.15) is 25.3 Å². The second kappa shape index (κ2) is 9.75. The average Bonchev–Trinajstić information content (AvgIpc) is 2.90. The Morgan fingerprint density at radius 2 is 2.00 bits per heavy atom. The minimum absolute atomic E-state index is 0.0973. The van der Waals surface area contributed by atoms with Crippen LogP contribution in [0, 0.1) is 0 Å². The normalized spacial score (nSPS) is 26.2. The summed E-state index contributed by atoms with van der Waals surface area (Å²) in [5.41, 5.74) is 0.685. The van der Waals surface area contributed by atoms with Crippen LogP contribution in [0.1, 0.15) is 19.4 Å². The predicted octanol–water partition coefficient (Wildman–Crippen LogP) is 1.18. The monoisotopic (exact) mass is 438 g/mol. The molecule has 2 aliphatic rings. The van der Waals surface area contributed by atoms with Crippen molar-refractivity contribution in [3.05, 3.63) is 39.8 Å². The Morgan fingerprint density at radius 1 is 1.31 bits per heavy atom. The number of hydrogen-bond donors (Lipinski definition) is 2. The number of thioether (sulfide) groups is 1. The zero-order valence-electron chi connectivity index (χ0n) is 16.4. The maximum atomic E-state index is 12.5. The zero-order valence-corrected chi connectivity index (χ0v) is 18.0. The maximum absolute atomic E-state index is 12.5. The molecule has 0 saturated carbocycles. The lowest BCUT2D eigenvalue weighted by Crippen LogP contribution is -3.16. The molecule has 9 heteroatoms. The van der Waals surface area contributed by atoms with E-state index in [0.29, 0.717) is 22.0 Å². The van der Waals surface area contributed by atoms with Crippen LogP contribution in [0.3, 0.4) is 0 Å². The summed E-state index contributed by atoms with van der Waals surface area (Å²) in [6, 6.07) is 7.13. The van der Waals surface area contributed by atoms with Crippen molar-refractivity contribution < 1.29 is 24.0 Å². The highest BCUT2D eigenvalue weighted by atomic mass is 35.5. The van der Waals surface area contributed by atoms with Gasteiger partial charge in [-0.15, -0.1) is 0 Å². The van der Waals surface area contributed by atoms with Gasteiger partial charge in [-0.2, -0.15) is 0 Å². The lowest BCUT2D eigenvalue weighted by molar-refractivity contribution is -0.907. The van der Waals surface area contributed by atoms with Gasteiger partial charge < -0.3 is 15.0 Å². The number of ether oxygens (including phenoxy) is 1. The smallest absolute Gasteiger partial charge is 0.293 e. The fraction of sp³-hybridized carbons (Fsp3) is 0.450. The molecule has 2 aliphatic heterocycles. The summed E-state index contributed by atoms with van der Waals surface area (Å²) in [6.07, 6.45) is 1.87. The second-order valence-electron chi connectivity index (χ2n) is 7.30. The molecule has 3 amide bonds. The number of nitrogens with zero attached hydrogens (tertiary/aromatic N) is 1. The van der Waals surface area contributed by atoms with Crippen molar-refractivity contribution in [2.75, 3.05) is 32.7 Å². The van der Waals surface area contributed by atoms with Crippen molar-refractivity contribution in [2.24, 2.45) is 0 Å². The van der Waals surface area contributed by atoms with Crippen LogP contribution >= 0.6 is 23.4 Å². The van der Waals surface area contributed by atoms with Crippen LogP contribution in [0.2, 0.25) is 5.02 Å². The molecular formula is C20H25ClN3O4S+. The van der Waals surface area contributed by atoms with E-state index < -0.39 is 0 Å². The standard InChI is InChI=1S/C20H24ClN3O4S/c1-13-10-23(11-14(2)28-13)12-18(25)22-7-8-24-19(26)17(29-20(24)27)9-15-5-3-4-6-16(15)21/h3-6,9,13-14H,7-8,10-12H2,1-2H3,(H,22,25)/p+1/b17-9-/t13-,14-/m0/s1. The third-order valence-electron chi connectivity index (χ3n) is 4.75. The minimum atomic E-state index is -0.365. The molecule has 29 heavy (non-hydrogen) atoms. The van der Waals surface area contributed by atoms with Gasteiger partial charge in [-0.05, 0) is 43.3 Å². The van der Waals surface area contributed by atoms with Crippen LogP contribution in [0.4, 0.5) is 4.79 Å². The number of imide groups is 1. The summed E-state index contributed by atoms with van der Waals surface area (Å²) in [5.74, 6) is -0.462. The van der Waals surface area contributed by atoms with E-state index in [4.69, 9.17) is 16.3 Å². The summed E-state index contributed by atoms with van der Waals surface area (Å²) in [4.78, 5) is 39.6. The number of nitrogens with one attached hydrogen (secondary N) is 2. The van der Waals surface area contributed by atoms with E-state index in [1.807, 2.05) is 19.9 Å². The highest BCUT2D eigenvalue weighted by Crippen LogP contribution is 2.33. The van der Waals surface area contributed by atoms with E-state index in [1.54, 1.807) is 24.3 Å². The highest BCUT2D eigenvalue weighted by Gasteiger charge is 2.35. The van der Waals surface area contributed by atoms with Crippen molar-refractivity contribution in [3.8, 4) is 0 Å². The van der Waals surface area contributed by atoms with Crippen LogP contribution in [0.25, 0.3) is 6.08 Å². The number of carbonyl (C=O) groups excluding carboxylic acids is 3. The Bertz CT molecular complexity index is 822. The number of morpholine rings is 1. The van der Waals surface area contributed by atoms with E-state index in [9.17, 15) is 14.4 Å². The molecule has 0 bridgehead atoms. The van der Waals surface area contributed by atoms with Crippen molar-refractivity contribution in [2.45, 2.75) is 26.1 Å². The van der Waals surface area contributed by atoms with E-state index in [-0.39, 0.29) is 42.4 Å². The number of amides is 3. The minimum Gasteiger partial charge on any atom is -0.364 e. The zero-order chi connectivity index (χ0) is 21.0. The molecule has 2 heterocycles. The van der Waals surface area contributed by atoms with Crippen LogP contribution in [-0.2, 0) is 14.3 Å². The van der Waals surface area contributed by atoms with Crippen LogP contribution in [0.5, 0.6) is 0 Å². The first-order valence-corrected chi connectivity index (χ1v) is 10.8. The molecule has 0 spiro atoms. The lowest BCUT2D eigenvalue weighted by Gasteiger charge is -2.31. The van der Waals surface area contributed by atoms with Gasteiger partial charge in [0.2, 0.25) is 0 Å². The van der Waals surface area contributed by atoms with Gasteiger partial charge in [0.25, 0.3) is 17.1 Å². The summed E-state index contributed by atoms with van der Waals surface area (Å²) in [7, 11) is 0. The fourth-order valence-corrected chi connectivity index (χ4v) is 4.60. The maximum Gasteiger partial charge on any atom is 0.293 e. The lowest BCUT2D eigenvalue weighted by atomic mass is 10.2. The van der Waals surface area contributed by atoms with Crippen molar-refractivity contribution in [1.29, 1.82) is 0 Å². The summed E-state index contributed by atoms with van der Waals surface area (Å²) < 4.78 is 5.68. The topological polar surface area (TPSA) is 80.2 Å². The van der Waals surface area contributed by atoms with Crippen LogP contribution in [0.15, 0.2) is 29.2 Å². The molecule has 3 rings (SSSR count). The SMILES string of the molecule is C[C@H]1C[NH+](CC(=O)NCCN2C(=O)S/C(=C\c3ccccc3Cl)C2=O)C[C@H](C)O1. The Hall–Kier alpha value is -1.87. The predicted molar refractivity (Wildman–Crippen MR) is 113 cm³/mol. The Morgan fingerprint density at radius 3 is 2.69 bits per heavy atom. The molecule has 0 unspecified atom stereocenters. The largest absolute Gasteiger partial charge is 0.364 e. The van der Waals surface area contributed by atoms with Crippen LogP contribution in [-0.4, -0.2) is 66.9 Å². The van der Waals surface area contributed by atoms with Crippen molar-refractivity contribution in [1.82, 2.24) is 10.2 Å². The van der Waals surface area contributed by atoms with Gasteiger partial charge in [-0.1, -0.05) is 29.8 Å². The first-order valence-electron chi connectivity index (χ1n) is 9.59. The molecule has 2 N–H and O–H groups in total. The molecule has 2 fully saturated rings. The first-order chi connectivity index (χ1) is 13.8. The summed E-state index contributed by atoms with van der Waals surface area (Å²) in [5, 5.41) is 2.98. The number of rotatable bonds is 6. The van der Waals surface area contributed by atoms with E-state index in [2.05, 4.69) is 5.32 Å². The van der Waals surface area contributed by atoms with Gasteiger partial charge in [0.05, 0.1) is 4.91 Å². The highest BCUT2D eigenvalue weighted by molar-refractivity contribution is 8.18. The molecule has 0 aliphatic carbocycles.